The summed E-state index contributed by atoms with van der Waals surface area (Å²) < 4.78 is 27.5. The number of sulfonamides is 1. The van der Waals surface area contributed by atoms with E-state index in [-0.39, 0.29) is 23.3 Å². The summed E-state index contributed by atoms with van der Waals surface area (Å²) in [6.07, 6.45) is 0. The molecule has 7 nitrogen and oxygen atoms in total. The topological polar surface area (TPSA) is 86.8 Å². The number of piperazine rings is 1. The van der Waals surface area contributed by atoms with Gasteiger partial charge in [-0.2, -0.15) is 4.31 Å². The minimum absolute atomic E-state index is 0.132. The number of hydrogen-bond acceptors (Lipinski definition) is 4. The summed E-state index contributed by atoms with van der Waals surface area (Å²) in [5.74, 6) is -0.503. The van der Waals surface area contributed by atoms with Crippen molar-refractivity contribution in [1.29, 1.82) is 0 Å². The Balaban J connectivity index is 1.81. The lowest BCUT2D eigenvalue weighted by atomic mass is 9.97. The maximum absolute atomic E-state index is 13.1. The second kappa shape index (κ2) is 8.57. The predicted octanol–water partition coefficient (Wildman–Crippen LogP) is 2.25. The van der Waals surface area contributed by atoms with E-state index in [9.17, 15) is 18.0 Å². The highest BCUT2D eigenvalue weighted by molar-refractivity contribution is 7.89. The molecule has 0 spiro atoms. The van der Waals surface area contributed by atoms with Gasteiger partial charge in [-0.05, 0) is 43.7 Å². The van der Waals surface area contributed by atoms with Crippen LogP contribution in [0.4, 0.5) is 0 Å². The number of benzene rings is 2. The van der Waals surface area contributed by atoms with Crippen LogP contribution < -0.4 is 5.32 Å². The van der Waals surface area contributed by atoms with E-state index in [2.05, 4.69) is 5.32 Å². The third kappa shape index (κ3) is 4.24. The SMILES string of the molecule is CCN(Cc1ccccc1)S(=O)(=O)c1ccc(C(=O)N2CCNC(=O)C2(C)C)cc1. The van der Waals surface area contributed by atoms with Gasteiger partial charge in [-0.1, -0.05) is 37.3 Å². The third-order valence-electron chi connectivity index (χ3n) is 5.39. The molecule has 2 aromatic carbocycles. The molecule has 1 aliphatic heterocycles. The molecular weight excluding hydrogens is 402 g/mol. The van der Waals surface area contributed by atoms with Crippen molar-refractivity contribution in [1.82, 2.24) is 14.5 Å². The zero-order valence-corrected chi connectivity index (χ0v) is 18.3. The van der Waals surface area contributed by atoms with Gasteiger partial charge >= 0.3 is 0 Å². The van der Waals surface area contributed by atoms with E-state index >= 15 is 0 Å². The van der Waals surface area contributed by atoms with Gasteiger partial charge in [0.05, 0.1) is 4.90 Å². The lowest BCUT2D eigenvalue weighted by molar-refractivity contribution is -0.133. The molecule has 0 saturated carbocycles. The summed E-state index contributed by atoms with van der Waals surface area (Å²) in [4.78, 5) is 26.7. The van der Waals surface area contributed by atoms with Crippen molar-refractivity contribution in [3.63, 3.8) is 0 Å². The molecule has 0 bridgehead atoms. The standard InChI is InChI=1S/C22H27N3O4S/c1-4-24(16-17-8-6-5-7-9-17)30(28,29)19-12-10-18(11-13-19)20(26)25-15-14-23-21(27)22(25,2)3/h5-13H,4,14-16H2,1-3H3,(H,23,27). The second-order valence-electron chi connectivity index (χ2n) is 7.71. The van der Waals surface area contributed by atoms with Crippen molar-refractivity contribution in [2.75, 3.05) is 19.6 Å². The minimum atomic E-state index is -3.70. The first-order valence-corrected chi connectivity index (χ1v) is 11.4. The molecule has 160 valence electrons. The summed E-state index contributed by atoms with van der Waals surface area (Å²) in [5.41, 5.74) is 0.289. The maximum atomic E-state index is 13.1. The van der Waals surface area contributed by atoms with Gasteiger partial charge in [0, 0.05) is 31.7 Å². The summed E-state index contributed by atoms with van der Waals surface area (Å²) >= 11 is 0. The molecule has 1 N–H and O–H groups in total. The van der Waals surface area contributed by atoms with Crippen LogP contribution in [0.15, 0.2) is 59.5 Å². The monoisotopic (exact) mass is 429 g/mol. The van der Waals surface area contributed by atoms with E-state index in [1.165, 1.54) is 33.5 Å². The smallest absolute Gasteiger partial charge is 0.254 e. The van der Waals surface area contributed by atoms with Crippen molar-refractivity contribution in [2.45, 2.75) is 37.8 Å². The molecule has 1 saturated heterocycles. The number of hydrogen-bond donors (Lipinski definition) is 1. The van der Waals surface area contributed by atoms with Crippen LogP contribution in [0.5, 0.6) is 0 Å². The van der Waals surface area contributed by atoms with Crippen molar-refractivity contribution < 1.29 is 18.0 Å². The van der Waals surface area contributed by atoms with Crippen molar-refractivity contribution in [3.8, 4) is 0 Å². The quantitative estimate of drug-likeness (QED) is 0.763. The Morgan fingerprint density at radius 1 is 1.10 bits per heavy atom. The zero-order chi connectivity index (χ0) is 21.9. The Bertz CT molecular complexity index is 1020. The lowest BCUT2D eigenvalue weighted by Gasteiger charge is -2.41. The van der Waals surface area contributed by atoms with Gasteiger partial charge in [0.2, 0.25) is 15.9 Å². The van der Waals surface area contributed by atoms with E-state index in [1.54, 1.807) is 20.8 Å². The van der Waals surface area contributed by atoms with E-state index in [0.717, 1.165) is 5.56 Å². The van der Waals surface area contributed by atoms with Crippen LogP contribution in [0.1, 0.15) is 36.7 Å². The third-order valence-corrected chi connectivity index (χ3v) is 7.33. The number of rotatable bonds is 6. The van der Waals surface area contributed by atoms with Crippen LogP contribution in [0.3, 0.4) is 0 Å². The van der Waals surface area contributed by atoms with Gasteiger partial charge < -0.3 is 10.2 Å². The average molecular weight is 430 g/mol. The fourth-order valence-electron chi connectivity index (χ4n) is 3.48. The summed E-state index contributed by atoms with van der Waals surface area (Å²) in [6, 6.07) is 15.3. The van der Waals surface area contributed by atoms with E-state index in [0.29, 0.717) is 25.2 Å². The molecule has 1 heterocycles. The molecule has 0 aliphatic carbocycles. The lowest BCUT2D eigenvalue weighted by Crippen LogP contribution is -2.63. The number of carbonyl (C=O) groups is 2. The van der Waals surface area contributed by atoms with Gasteiger partial charge in [0.15, 0.2) is 0 Å². The number of amides is 2. The summed E-state index contributed by atoms with van der Waals surface area (Å²) in [6.45, 7) is 6.58. The number of carbonyl (C=O) groups excluding carboxylic acids is 2. The molecule has 0 aromatic heterocycles. The molecular formula is C22H27N3O4S. The van der Waals surface area contributed by atoms with Crippen molar-refractivity contribution in [2.24, 2.45) is 0 Å². The van der Waals surface area contributed by atoms with Crippen LogP contribution in [0.25, 0.3) is 0 Å². The van der Waals surface area contributed by atoms with Crippen LogP contribution >= 0.6 is 0 Å². The molecule has 1 fully saturated rings. The second-order valence-corrected chi connectivity index (χ2v) is 9.65. The Morgan fingerprint density at radius 2 is 1.73 bits per heavy atom. The highest BCUT2D eigenvalue weighted by Gasteiger charge is 2.40. The normalized spacial score (nSPS) is 16.4. The van der Waals surface area contributed by atoms with E-state index < -0.39 is 15.6 Å². The van der Waals surface area contributed by atoms with Crippen LogP contribution in [-0.2, 0) is 21.4 Å². The average Bonchev–Trinajstić information content (AvgIpc) is 2.74. The van der Waals surface area contributed by atoms with Gasteiger partial charge in [0.25, 0.3) is 5.91 Å². The molecule has 0 radical (unpaired) electrons. The highest BCUT2D eigenvalue weighted by Crippen LogP contribution is 2.23. The molecule has 2 amide bonds. The largest absolute Gasteiger partial charge is 0.352 e. The van der Waals surface area contributed by atoms with Gasteiger partial charge in [-0.25, -0.2) is 8.42 Å². The van der Waals surface area contributed by atoms with Gasteiger partial charge in [-0.15, -0.1) is 0 Å². The Kier molecular flexibility index (Phi) is 6.28. The van der Waals surface area contributed by atoms with Crippen LogP contribution in [-0.4, -0.2) is 54.6 Å². The Labute approximate surface area is 177 Å². The minimum Gasteiger partial charge on any atom is -0.352 e. The molecule has 3 rings (SSSR count). The number of nitrogens with zero attached hydrogens (tertiary/aromatic N) is 2. The van der Waals surface area contributed by atoms with Gasteiger partial charge in [-0.3, -0.25) is 9.59 Å². The highest BCUT2D eigenvalue weighted by atomic mass is 32.2. The van der Waals surface area contributed by atoms with Crippen molar-refractivity contribution in [3.05, 3.63) is 65.7 Å². The van der Waals surface area contributed by atoms with E-state index in [1.807, 2.05) is 30.3 Å². The summed E-state index contributed by atoms with van der Waals surface area (Å²) in [7, 11) is -3.70. The molecule has 0 unspecified atom stereocenters. The Morgan fingerprint density at radius 3 is 2.33 bits per heavy atom. The van der Waals surface area contributed by atoms with Crippen molar-refractivity contribution >= 4 is 21.8 Å². The van der Waals surface area contributed by atoms with Crippen LogP contribution in [0, 0.1) is 0 Å². The molecule has 2 aromatic rings. The fourth-order valence-corrected chi connectivity index (χ4v) is 4.92. The molecule has 0 atom stereocenters. The first kappa shape index (κ1) is 22.0. The van der Waals surface area contributed by atoms with Gasteiger partial charge in [0.1, 0.15) is 5.54 Å². The maximum Gasteiger partial charge on any atom is 0.254 e. The Hall–Kier alpha value is -2.71. The fraction of sp³-hybridized carbons (Fsp3) is 0.364. The molecule has 30 heavy (non-hydrogen) atoms. The summed E-state index contributed by atoms with van der Waals surface area (Å²) in [5, 5.41) is 2.76. The molecule has 1 aliphatic rings. The zero-order valence-electron chi connectivity index (χ0n) is 17.5. The van der Waals surface area contributed by atoms with E-state index in [4.69, 9.17) is 0 Å². The first-order valence-electron chi connectivity index (χ1n) is 9.92. The number of nitrogens with one attached hydrogen (secondary N) is 1. The van der Waals surface area contributed by atoms with Crippen LogP contribution in [0.2, 0.25) is 0 Å². The predicted molar refractivity (Wildman–Crippen MR) is 114 cm³/mol. The molecule has 8 heteroatoms. The first-order chi connectivity index (χ1) is 14.2.